The minimum absolute atomic E-state index is 0.277. The molecule has 172 valence electrons. The molecule has 0 spiro atoms. The van der Waals surface area contributed by atoms with Crippen molar-refractivity contribution in [2.45, 2.75) is 26.8 Å². The lowest BCUT2D eigenvalue weighted by Crippen LogP contribution is -2.48. The van der Waals surface area contributed by atoms with Crippen LogP contribution in [0.25, 0.3) is 26.4 Å². The Hall–Kier alpha value is -2.90. The van der Waals surface area contributed by atoms with Gasteiger partial charge in [0.15, 0.2) is 4.96 Å². The molecule has 1 fully saturated rings. The lowest BCUT2D eigenvalue weighted by molar-refractivity contribution is -0.133. The van der Waals surface area contributed by atoms with Crippen LogP contribution in [0.1, 0.15) is 26.0 Å². The largest absolute Gasteiger partial charge is 0.497 e. The van der Waals surface area contributed by atoms with Gasteiger partial charge in [-0.2, -0.15) is 0 Å². The zero-order valence-electron chi connectivity index (χ0n) is 19.5. The van der Waals surface area contributed by atoms with Gasteiger partial charge in [-0.1, -0.05) is 55.5 Å². The molecule has 1 aliphatic rings. The lowest BCUT2D eigenvalue weighted by atomic mass is 10.1. The Kier molecular flexibility index (Phi) is 6.08. The standard InChI is InChI=1S/C26H30N4O2S/c1-18(2)15-24(31)29-13-11-28(12-14-29)17-22-25(19-7-5-4-6-8-19)27-26-30(22)21-10-9-20(32-3)16-23(21)33-26/h4-10,16,18H,11-15,17H2,1-3H3. The summed E-state index contributed by atoms with van der Waals surface area (Å²) in [6.45, 7) is 8.33. The van der Waals surface area contributed by atoms with Gasteiger partial charge in [0.1, 0.15) is 5.75 Å². The van der Waals surface area contributed by atoms with Crippen LogP contribution in [0.15, 0.2) is 48.5 Å². The van der Waals surface area contributed by atoms with Gasteiger partial charge < -0.3 is 9.64 Å². The van der Waals surface area contributed by atoms with Crippen molar-refractivity contribution in [2.24, 2.45) is 5.92 Å². The number of hydrogen-bond acceptors (Lipinski definition) is 5. The normalized spacial score (nSPS) is 15.1. The van der Waals surface area contributed by atoms with E-state index in [1.807, 2.05) is 17.0 Å². The summed E-state index contributed by atoms with van der Waals surface area (Å²) in [5, 5.41) is 0. The number of carbonyl (C=O) groups excluding carboxylic acids is 1. The van der Waals surface area contributed by atoms with E-state index in [0.29, 0.717) is 12.3 Å². The van der Waals surface area contributed by atoms with Crippen molar-refractivity contribution in [1.82, 2.24) is 19.2 Å². The van der Waals surface area contributed by atoms with Crippen molar-refractivity contribution < 1.29 is 9.53 Å². The van der Waals surface area contributed by atoms with Gasteiger partial charge in [-0.25, -0.2) is 4.98 Å². The first-order valence-corrected chi connectivity index (χ1v) is 12.4. The molecule has 0 unspecified atom stereocenters. The summed E-state index contributed by atoms with van der Waals surface area (Å²) in [4.78, 5) is 23.0. The van der Waals surface area contributed by atoms with Crippen molar-refractivity contribution in [3.05, 3.63) is 54.2 Å². The summed E-state index contributed by atoms with van der Waals surface area (Å²) in [6, 6.07) is 16.6. The maximum Gasteiger partial charge on any atom is 0.222 e. The Morgan fingerprint density at radius 2 is 1.85 bits per heavy atom. The fourth-order valence-corrected chi connectivity index (χ4v) is 5.63. The number of aromatic nitrogens is 2. The number of thiazole rings is 1. The Morgan fingerprint density at radius 1 is 1.09 bits per heavy atom. The number of ether oxygens (including phenoxy) is 1. The van der Waals surface area contributed by atoms with Gasteiger partial charge in [0.05, 0.1) is 28.7 Å². The fraction of sp³-hybridized carbons (Fsp3) is 0.385. The van der Waals surface area contributed by atoms with Crippen molar-refractivity contribution >= 4 is 32.4 Å². The van der Waals surface area contributed by atoms with E-state index in [1.165, 1.54) is 10.4 Å². The van der Waals surface area contributed by atoms with Gasteiger partial charge in [0.2, 0.25) is 5.91 Å². The number of benzene rings is 2. The maximum atomic E-state index is 12.5. The molecule has 6 nitrogen and oxygen atoms in total. The van der Waals surface area contributed by atoms with E-state index >= 15 is 0 Å². The summed E-state index contributed by atoms with van der Waals surface area (Å²) >= 11 is 1.69. The first-order valence-electron chi connectivity index (χ1n) is 11.6. The zero-order valence-corrected chi connectivity index (χ0v) is 20.3. The van der Waals surface area contributed by atoms with Gasteiger partial charge in [-0.3, -0.25) is 14.1 Å². The van der Waals surface area contributed by atoms with Crippen molar-refractivity contribution in [2.75, 3.05) is 33.3 Å². The van der Waals surface area contributed by atoms with Gasteiger partial charge in [-0.15, -0.1) is 0 Å². The lowest BCUT2D eigenvalue weighted by Gasteiger charge is -2.35. The molecule has 0 N–H and O–H groups in total. The summed E-state index contributed by atoms with van der Waals surface area (Å²) in [5.74, 6) is 1.53. The van der Waals surface area contributed by atoms with E-state index < -0.39 is 0 Å². The predicted molar refractivity (Wildman–Crippen MR) is 134 cm³/mol. The minimum Gasteiger partial charge on any atom is -0.497 e. The smallest absolute Gasteiger partial charge is 0.222 e. The van der Waals surface area contributed by atoms with E-state index in [0.717, 1.165) is 60.2 Å². The SMILES string of the molecule is COc1ccc2c(c1)sc1nc(-c3ccccc3)c(CN3CCN(C(=O)CC(C)C)CC3)n12. The Balaban J connectivity index is 1.47. The first-order chi connectivity index (χ1) is 16.0. The van der Waals surface area contributed by atoms with Gasteiger partial charge >= 0.3 is 0 Å². The van der Waals surface area contributed by atoms with Crippen LogP contribution in [0.2, 0.25) is 0 Å². The van der Waals surface area contributed by atoms with Crippen molar-refractivity contribution in [1.29, 1.82) is 0 Å². The molecule has 0 atom stereocenters. The number of amides is 1. The molecule has 1 saturated heterocycles. The quantitative estimate of drug-likeness (QED) is 0.408. The molecular formula is C26H30N4O2S. The van der Waals surface area contributed by atoms with Gasteiger partial charge in [0.25, 0.3) is 0 Å². The molecule has 2 aromatic heterocycles. The average Bonchev–Trinajstić information content (AvgIpc) is 3.35. The highest BCUT2D eigenvalue weighted by Crippen LogP contribution is 2.35. The summed E-state index contributed by atoms with van der Waals surface area (Å²) < 4.78 is 8.90. The minimum atomic E-state index is 0.277. The second-order valence-electron chi connectivity index (χ2n) is 9.08. The van der Waals surface area contributed by atoms with Crippen LogP contribution in [0.4, 0.5) is 0 Å². The van der Waals surface area contributed by atoms with E-state index in [4.69, 9.17) is 9.72 Å². The number of piperazine rings is 1. The Labute approximate surface area is 198 Å². The highest BCUT2D eigenvalue weighted by atomic mass is 32.1. The van der Waals surface area contributed by atoms with E-state index in [1.54, 1.807) is 18.4 Å². The van der Waals surface area contributed by atoms with Gasteiger partial charge in [-0.05, 0) is 24.1 Å². The molecule has 7 heteroatoms. The third kappa shape index (κ3) is 4.35. The Morgan fingerprint density at radius 3 is 2.55 bits per heavy atom. The number of carbonyl (C=O) groups is 1. The monoisotopic (exact) mass is 462 g/mol. The van der Waals surface area contributed by atoms with Crippen LogP contribution in [0.3, 0.4) is 0 Å². The predicted octanol–water partition coefficient (Wildman–Crippen LogP) is 4.91. The van der Waals surface area contributed by atoms with Crippen LogP contribution >= 0.6 is 11.3 Å². The molecule has 0 aliphatic carbocycles. The third-order valence-corrected chi connectivity index (χ3v) is 7.28. The first kappa shape index (κ1) is 21.9. The topological polar surface area (TPSA) is 50.1 Å². The number of rotatable bonds is 6. The average molecular weight is 463 g/mol. The zero-order chi connectivity index (χ0) is 22.9. The maximum absolute atomic E-state index is 12.5. The molecule has 33 heavy (non-hydrogen) atoms. The van der Waals surface area contributed by atoms with Crippen molar-refractivity contribution in [3.63, 3.8) is 0 Å². The molecule has 0 saturated carbocycles. The summed E-state index contributed by atoms with van der Waals surface area (Å²) in [5.41, 5.74) is 4.54. The molecular weight excluding hydrogens is 432 g/mol. The molecule has 0 radical (unpaired) electrons. The third-order valence-electron chi connectivity index (χ3n) is 6.28. The molecule has 4 aromatic rings. The molecule has 5 rings (SSSR count). The summed E-state index contributed by atoms with van der Waals surface area (Å²) in [6.07, 6.45) is 0.631. The molecule has 2 aromatic carbocycles. The van der Waals surface area contributed by atoms with E-state index in [2.05, 4.69) is 59.5 Å². The highest BCUT2D eigenvalue weighted by molar-refractivity contribution is 7.23. The van der Waals surface area contributed by atoms with Gasteiger partial charge in [0, 0.05) is 44.7 Å². The Bertz CT molecular complexity index is 1270. The van der Waals surface area contributed by atoms with E-state index in [-0.39, 0.29) is 5.91 Å². The molecule has 3 heterocycles. The number of methoxy groups -OCH3 is 1. The molecule has 1 aliphatic heterocycles. The van der Waals surface area contributed by atoms with Crippen LogP contribution in [-0.4, -0.2) is 58.4 Å². The fourth-order valence-electron chi connectivity index (χ4n) is 4.55. The summed E-state index contributed by atoms with van der Waals surface area (Å²) in [7, 11) is 1.70. The van der Waals surface area contributed by atoms with Crippen LogP contribution in [0.5, 0.6) is 5.75 Å². The highest BCUT2D eigenvalue weighted by Gasteiger charge is 2.25. The second kappa shape index (κ2) is 9.15. The number of imidazole rings is 1. The molecule has 0 bridgehead atoms. The molecule has 1 amide bonds. The van der Waals surface area contributed by atoms with Crippen molar-refractivity contribution in [3.8, 4) is 17.0 Å². The number of fused-ring (bicyclic) bond motifs is 3. The second-order valence-corrected chi connectivity index (χ2v) is 10.1. The number of nitrogens with zero attached hydrogens (tertiary/aromatic N) is 4. The van der Waals surface area contributed by atoms with Crippen LogP contribution in [-0.2, 0) is 11.3 Å². The van der Waals surface area contributed by atoms with E-state index in [9.17, 15) is 4.79 Å². The van der Waals surface area contributed by atoms with Crippen LogP contribution < -0.4 is 4.74 Å². The number of hydrogen-bond donors (Lipinski definition) is 0. The van der Waals surface area contributed by atoms with Crippen LogP contribution in [0, 0.1) is 5.92 Å².